The molecule has 0 aromatic rings. The normalized spacial score (nSPS) is 31.8. The lowest BCUT2D eigenvalue weighted by atomic mass is 9.88. The molecule has 1 aliphatic rings. The third-order valence-corrected chi connectivity index (χ3v) is 3.62. The number of piperazine rings is 1. The Bertz CT molecular complexity index is 206. The summed E-state index contributed by atoms with van der Waals surface area (Å²) in [7, 11) is 0. The summed E-state index contributed by atoms with van der Waals surface area (Å²) < 4.78 is 12.3. The highest BCUT2D eigenvalue weighted by Gasteiger charge is 2.38. The number of nitrogens with one attached hydrogen (secondary N) is 1. The van der Waals surface area contributed by atoms with Gasteiger partial charge >= 0.3 is 0 Å². The molecule has 1 N–H and O–H groups in total. The van der Waals surface area contributed by atoms with Crippen molar-refractivity contribution in [3.05, 3.63) is 0 Å². The summed E-state index contributed by atoms with van der Waals surface area (Å²) in [5, 5.41) is 3.57. The average molecular weight is 216 g/mol. The van der Waals surface area contributed by atoms with E-state index >= 15 is 0 Å². The van der Waals surface area contributed by atoms with Crippen LogP contribution in [0, 0.1) is 0 Å². The van der Waals surface area contributed by atoms with Gasteiger partial charge in [-0.2, -0.15) is 0 Å². The van der Waals surface area contributed by atoms with Crippen molar-refractivity contribution in [3.63, 3.8) is 0 Å². The predicted octanol–water partition coefficient (Wildman–Crippen LogP) is 2.20. The minimum Gasteiger partial charge on any atom is -0.309 e. The van der Waals surface area contributed by atoms with Gasteiger partial charge in [-0.3, -0.25) is 9.29 Å². The average Bonchev–Trinajstić information content (AvgIpc) is 2.20. The van der Waals surface area contributed by atoms with Gasteiger partial charge in [0.25, 0.3) is 0 Å². The van der Waals surface area contributed by atoms with Gasteiger partial charge in [-0.15, -0.1) is 0 Å². The first-order chi connectivity index (χ1) is 6.93. The lowest BCUT2D eigenvalue weighted by molar-refractivity contribution is 0.0223. The van der Waals surface area contributed by atoms with E-state index in [-0.39, 0.29) is 17.8 Å². The fourth-order valence-corrected chi connectivity index (χ4v) is 2.21. The molecule has 0 bridgehead atoms. The van der Waals surface area contributed by atoms with E-state index in [9.17, 15) is 4.39 Å². The summed E-state index contributed by atoms with van der Waals surface area (Å²) in [6.07, 6.45) is 1.77. The van der Waals surface area contributed by atoms with Crippen molar-refractivity contribution < 1.29 is 4.39 Å². The summed E-state index contributed by atoms with van der Waals surface area (Å²) in [6.45, 7) is 11.6. The highest BCUT2D eigenvalue weighted by Crippen LogP contribution is 2.26. The van der Waals surface area contributed by atoms with Crippen LogP contribution in [-0.2, 0) is 0 Å². The molecule has 1 atom stereocenters. The van der Waals surface area contributed by atoms with Crippen LogP contribution in [0.4, 0.5) is 4.39 Å². The van der Waals surface area contributed by atoms with Crippen molar-refractivity contribution in [1.82, 2.24) is 10.2 Å². The van der Waals surface area contributed by atoms with Gasteiger partial charge < -0.3 is 5.32 Å². The third kappa shape index (κ3) is 3.15. The van der Waals surface area contributed by atoms with Gasteiger partial charge in [0.1, 0.15) is 0 Å². The molecule has 1 rings (SSSR count). The molecule has 0 aliphatic carbocycles. The minimum absolute atomic E-state index is 0.158. The molecule has 1 saturated heterocycles. The Kier molecular flexibility index (Phi) is 4.13. The van der Waals surface area contributed by atoms with Crippen LogP contribution in [0.25, 0.3) is 0 Å². The summed E-state index contributed by atoms with van der Waals surface area (Å²) in [5.74, 6) is 0. The standard InChI is InChI=1S/C12H25FN2/c1-5-12(4)9-14-11(2,3)10-15(12)8-6-7-13/h14H,5-10H2,1-4H3. The number of halogens is 1. The Morgan fingerprint density at radius 2 is 2.00 bits per heavy atom. The van der Waals surface area contributed by atoms with Crippen LogP contribution in [-0.4, -0.2) is 42.3 Å². The molecule has 3 heteroatoms. The zero-order valence-corrected chi connectivity index (χ0v) is 10.6. The monoisotopic (exact) mass is 216 g/mol. The Morgan fingerprint density at radius 3 is 2.53 bits per heavy atom. The van der Waals surface area contributed by atoms with Crippen LogP contribution in [0.2, 0.25) is 0 Å². The first-order valence-corrected chi connectivity index (χ1v) is 5.99. The second-order valence-corrected chi connectivity index (χ2v) is 5.55. The SMILES string of the molecule is CCC1(C)CNC(C)(C)CN1CCCF. The maximum atomic E-state index is 12.3. The molecular formula is C12H25FN2. The molecule has 15 heavy (non-hydrogen) atoms. The van der Waals surface area contributed by atoms with E-state index in [0.717, 1.165) is 26.1 Å². The molecular weight excluding hydrogens is 191 g/mol. The fourth-order valence-electron chi connectivity index (χ4n) is 2.21. The maximum absolute atomic E-state index is 12.3. The van der Waals surface area contributed by atoms with Crippen LogP contribution in [0.3, 0.4) is 0 Å². The summed E-state index contributed by atoms with van der Waals surface area (Å²) in [6, 6.07) is 0. The zero-order chi connectivity index (χ0) is 11.5. The smallest absolute Gasteiger partial charge is 0.0906 e. The van der Waals surface area contributed by atoms with Crippen LogP contribution in [0.1, 0.15) is 40.5 Å². The van der Waals surface area contributed by atoms with Crippen LogP contribution in [0.15, 0.2) is 0 Å². The summed E-state index contributed by atoms with van der Waals surface area (Å²) in [5.41, 5.74) is 0.357. The quantitative estimate of drug-likeness (QED) is 0.775. The molecule has 1 heterocycles. The van der Waals surface area contributed by atoms with Crippen LogP contribution in [0.5, 0.6) is 0 Å². The summed E-state index contributed by atoms with van der Waals surface area (Å²) >= 11 is 0. The molecule has 0 amide bonds. The lowest BCUT2D eigenvalue weighted by Crippen LogP contribution is -2.67. The van der Waals surface area contributed by atoms with Crippen molar-refractivity contribution in [1.29, 1.82) is 0 Å². The second kappa shape index (κ2) is 4.79. The van der Waals surface area contributed by atoms with Crippen LogP contribution >= 0.6 is 0 Å². The molecule has 90 valence electrons. The van der Waals surface area contributed by atoms with Gasteiger partial charge in [0, 0.05) is 30.7 Å². The largest absolute Gasteiger partial charge is 0.309 e. The molecule has 0 aromatic heterocycles. The Morgan fingerprint density at radius 1 is 1.33 bits per heavy atom. The highest BCUT2D eigenvalue weighted by molar-refractivity contribution is 4.99. The molecule has 1 fully saturated rings. The van der Waals surface area contributed by atoms with Crippen molar-refractivity contribution >= 4 is 0 Å². The van der Waals surface area contributed by atoms with Gasteiger partial charge in [0.2, 0.25) is 0 Å². The predicted molar refractivity (Wildman–Crippen MR) is 62.9 cm³/mol. The Hall–Kier alpha value is -0.150. The molecule has 1 unspecified atom stereocenters. The van der Waals surface area contributed by atoms with E-state index < -0.39 is 0 Å². The third-order valence-electron chi connectivity index (χ3n) is 3.62. The Balaban J connectivity index is 2.65. The van der Waals surface area contributed by atoms with E-state index in [1.165, 1.54) is 0 Å². The van der Waals surface area contributed by atoms with Gasteiger partial charge in [0.05, 0.1) is 6.67 Å². The molecule has 0 spiro atoms. The van der Waals surface area contributed by atoms with Gasteiger partial charge in [0.15, 0.2) is 0 Å². The van der Waals surface area contributed by atoms with Gasteiger partial charge in [-0.25, -0.2) is 0 Å². The number of alkyl halides is 1. The van der Waals surface area contributed by atoms with Gasteiger partial charge in [-0.05, 0) is 33.6 Å². The highest BCUT2D eigenvalue weighted by atomic mass is 19.1. The molecule has 2 nitrogen and oxygen atoms in total. The molecule has 0 saturated carbocycles. The van der Waals surface area contributed by atoms with E-state index in [1.54, 1.807) is 0 Å². The topological polar surface area (TPSA) is 15.3 Å². The first kappa shape index (κ1) is 12.9. The van der Waals surface area contributed by atoms with E-state index in [1.807, 2.05) is 0 Å². The fraction of sp³-hybridized carbons (Fsp3) is 1.00. The molecule has 1 aliphatic heterocycles. The first-order valence-electron chi connectivity index (χ1n) is 5.99. The number of hydrogen-bond acceptors (Lipinski definition) is 2. The van der Waals surface area contributed by atoms with E-state index in [2.05, 4.69) is 37.9 Å². The van der Waals surface area contributed by atoms with E-state index in [4.69, 9.17) is 0 Å². The lowest BCUT2D eigenvalue weighted by Gasteiger charge is -2.51. The summed E-state index contributed by atoms with van der Waals surface area (Å²) in [4.78, 5) is 2.45. The van der Waals surface area contributed by atoms with Crippen molar-refractivity contribution in [3.8, 4) is 0 Å². The van der Waals surface area contributed by atoms with Crippen molar-refractivity contribution in [2.45, 2.75) is 51.6 Å². The van der Waals surface area contributed by atoms with Crippen molar-refractivity contribution in [2.24, 2.45) is 0 Å². The maximum Gasteiger partial charge on any atom is 0.0906 e. The van der Waals surface area contributed by atoms with Crippen molar-refractivity contribution in [2.75, 3.05) is 26.3 Å². The number of nitrogens with zero attached hydrogens (tertiary/aromatic N) is 1. The molecule has 0 radical (unpaired) electrons. The number of rotatable bonds is 4. The Labute approximate surface area is 93.2 Å². The number of hydrogen-bond donors (Lipinski definition) is 1. The molecule has 0 aromatic carbocycles. The minimum atomic E-state index is -0.204. The zero-order valence-electron chi connectivity index (χ0n) is 10.6. The van der Waals surface area contributed by atoms with Crippen LogP contribution < -0.4 is 5.32 Å². The second-order valence-electron chi connectivity index (χ2n) is 5.55. The van der Waals surface area contributed by atoms with Gasteiger partial charge in [-0.1, -0.05) is 6.92 Å². The van der Waals surface area contributed by atoms with E-state index in [0.29, 0.717) is 6.42 Å².